The van der Waals surface area contributed by atoms with Gasteiger partial charge in [-0.05, 0) is 41.1 Å². The summed E-state index contributed by atoms with van der Waals surface area (Å²) in [7, 11) is -4.05. The van der Waals surface area contributed by atoms with Crippen molar-refractivity contribution in [3.63, 3.8) is 0 Å². The number of benzene rings is 3. The molecule has 0 saturated heterocycles. The van der Waals surface area contributed by atoms with E-state index in [2.05, 4.69) is 5.32 Å². The lowest BCUT2D eigenvalue weighted by atomic mass is 10.1. The molecule has 0 saturated carbocycles. The van der Waals surface area contributed by atoms with Gasteiger partial charge < -0.3 is 5.32 Å². The van der Waals surface area contributed by atoms with Crippen LogP contribution in [0.3, 0.4) is 0 Å². The number of carbonyl (C=O) groups is 1. The lowest BCUT2D eigenvalue weighted by Gasteiger charge is -2.23. The summed E-state index contributed by atoms with van der Waals surface area (Å²) < 4.78 is 64.3. The van der Waals surface area contributed by atoms with E-state index in [1.54, 1.807) is 18.2 Å². The number of carbonyl (C=O) groups excluding carboxylic acids is 1. The Kier molecular flexibility index (Phi) is 5.96. The van der Waals surface area contributed by atoms with Crippen LogP contribution in [-0.4, -0.2) is 27.1 Å². The smallest absolute Gasteiger partial charge is 0.324 e. The number of rotatable bonds is 5. The standard InChI is InChI=1S/C20H16ClF3N2O3S/c1-30(28,29)26(16-8-9-18(21)17(11-16)20(22,23)24)12-19(27)25-15-7-6-13-4-2-3-5-14(13)10-15/h2-11H,12H2,1H3,(H,25,27). The third kappa shape index (κ3) is 5.03. The summed E-state index contributed by atoms with van der Waals surface area (Å²) in [5, 5.41) is 3.82. The third-order valence-corrected chi connectivity index (χ3v) is 5.73. The average Bonchev–Trinajstić information content (AvgIpc) is 2.65. The van der Waals surface area contributed by atoms with Crippen molar-refractivity contribution in [3.05, 3.63) is 71.2 Å². The Hall–Kier alpha value is -2.78. The Labute approximate surface area is 176 Å². The molecule has 0 aromatic heterocycles. The highest BCUT2D eigenvalue weighted by Gasteiger charge is 2.34. The maximum absolute atomic E-state index is 13.1. The summed E-state index contributed by atoms with van der Waals surface area (Å²) in [4.78, 5) is 12.5. The molecule has 0 aliphatic rings. The second-order valence-electron chi connectivity index (χ2n) is 6.54. The van der Waals surface area contributed by atoms with Crippen LogP contribution in [0.4, 0.5) is 24.5 Å². The molecule has 0 heterocycles. The fourth-order valence-corrected chi connectivity index (χ4v) is 3.96. The zero-order valence-corrected chi connectivity index (χ0v) is 17.1. The number of hydrogen-bond donors (Lipinski definition) is 1. The molecule has 3 aromatic carbocycles. The minimum atomic E-state index is -4.77. The van der Waals surface area contributed by atoms with Gasteiger partial charge in [-0.25, -0.2) is 8.42 Å². The van der Waals surface area contributed by atoms with E-state index in [9.17, 15) is 26.4 Å². The van der Waals surface area contributed by atoms with E-state index in [1.165, 1.54) is 0 Å². The first-order chi connectivity index (χ1) is 13.9. The molecule has 0 aliphatic heterocycles. The zero-order valence-electron chi connectivity index (χ0n) is 15.6. The van der Waals surface area contributed by atoms with Crippen molar-refractivity contribution in [1.82, 2.24) is 0 Å². The minimum Gasteiger partial charge on any atom is -0.324 e. The number of fused-ring (bicyclic) bond motifs is 1. The van der Waals surface area contributed by atoms with Gasteiger partial charge in [0.15, 0.2) is 0 Å². The van der Waals surface area contributed by atoms with Gasteiger partial charge in [-0.15, -0.1) is 0 Å². The third-order valence-electron chi connectivity index (χ3n) is 4.26. The molecule has 3 aromatic rings. The maximum Gasteiger partial charge on any atom is 0.417 e. The summed E-state index contributed by atoms with van der Waals surface area (Å²) in [6, 6.07) is 15.2. The van der Waals surface area contributed by atoms with Gasteiger partial charge in [0, 0.05) is 5.69 Å². The Morgan fingerprint density at radius 1 is 1.03 bits per heavy atom. The Balaban J connectivity index is 1.87. The number of hydrogen-bond acceptors (Lipinski definition) is 3. The molecule has 0 aliphatic carbocycles. The number of sulfonamides is 1. The minimum absolute atomic E-state index is 0.317. The Morgan fingerprint density at radius 2 is 1.70 bits per heavy atom. The molecule has 10 heteroatoms. The molecular formula is C20H16ClF3N2O3S. The van der Waals surface area contributed by atoms with Gasteiger partial charge in [0.25, 0.3) is 0 Å². The van der Waals surface area contributed by atoms with Crippen molar-refractivity contribution in [2.24, 2.45) is 0 Å². The predicted molar refractivity (Wildman–Crippen MR) is 111 cm³/mol. The highest BCUT2D eigenvalue weighted by Crippen LogP contribution is 2.37. The summed E-state index contributed by atoms with van der Waals surface area (Å²) in [6.45, 7) is -0.704. The van der Waals surface area contributed by atoms with Crippen LogP contribution in [0.25, 0.3) is 10.8 Å². The van der Waals surface area contributed by atoms with Gasteiger partial charge in [0.2, 0.25) is 15.9 Å². The molecule has 0 bridgehead atoms. The molecule has 158 valence electrons. The van der Waals surface area contributed by atoms with Gasteiger partial charge in [-0.3, -0.25) is 9.10 Å². The van der Waals surface area contributed by atoms with E-state index in [0.717, 1.165) is 29.2 Å². The predicted octanol–water partition coefficient (Wildman–Crippen LogP) is 4.92. The molecule has 1 amide bonds. The monoisotopic (exact) mass is 456 g/mol. The summed E-state index contributed by atoms with van der Waals surface area (Å²) in [5.74, 6) is -0.709. The van der Waals surface area contributed by atoms with Crippen LogP contribution in [0.5, 0.6) is 0 Å². The molecule has 0 radical (unpaired) electrons. The zero-order chi connectivity index (χ0) is 22.1. The van der Waals surface area contributed by atoms with Crippen molar-refractivity contribution in [2.45, 2.75) is 6.18 Å². The van der Waals surface area contributed by atoms with Crippen LogP contribution in [0.1, 0.15) is 5.56 Å². The molecular weight excluding hydrogens is 441 g/mol. The average molecular weight is 457 g/mol. The maximum atomic E-state index is 13.1. The molecule has 5 nitrogen and oxygen atoms in total. The van der Waals surface area contributed by atoms with E-state index in [-0.39, 0.29) is 5.69 Å². The molecule has 0 spiro atoms. The normalized spacial score (nSPS) is 12.0. The molecule has 0 fully saturated rings. The number of amides is 1. The molecule has 30 heavy (non-hydrogen) atoms. The Bertz CT molecular complexity index is 1210. The quantitative estimate of drug-likeness (QED) is 0.592. The summed E-state index contributed by atoms with van der Waals surface area (Å²) in [6.07, 6.45) is -3.97. The summed E-state index contributed by atoms with van der Waals surface area (Å²) >= 11 is 5.59. The molecule has 0 atom stereocenters. The van der Waals surface area contributed by atoms with Crippen LogP contribution < -0.4 is 9.62 Å². The second kappa shape index (κ2) is 8.16. The van der Waals surface area contributed by atoms with Gasteiger partial charge in [-0.1, -0.05) is 41.9 Å². The van der Waals surface area contributed by atoms with E-state index < -0.39 is 39.2 Å². The largest absolute Gasteiger partial charge is 0.417 e. The van der Waals surface area contributed by atoms with Crippen LogP contribution in [-0.2, 0) is 21.0 Å². The fourth-order valence-electron chi connectivity index (χ4n) is 2.88. The van der Waals surface area contributed by atoms with E-state index >= 15 is 0 Å². The van der Waals surface area contributed by atoms with Crippen molar-refractivity contribution in [1.29, 1.82) is 0 Å². The first kappa shape index (κ1) is 21.9. The molecule has 0 unspecified atom stereocenters. The first-order valence-electron chi connectivity index (χ1n) is 8.58. The SMILES string of the molecule is CS(=O)(=O)N(CC(=O)Nc1ccc2ccccc2c1)c1ccc(Cl)c(C(F)(F)F)c1. The van der Waals surface area contributed by atoms with E-state index in [0.29, 0.717) is 16.1 Å². The van der Waals surface area contributed by atoms with E-state index in [4.69, 9.17) is 11.6 Å². The van der Waals surface area contributed by atoms with Crippen molar-refractivity contribution < 1.29 is 26.4 Å². The van der Waals surface area contributed by atoms with Gasteiger partial charge >= 0.3 is 6.18 Å². The van der Waals surface area contributed by atoms with Crippen LogP contribution >= 0.6 is 11.6 Å². The molecule has 1 N–H and O–H groups in total. The van der Waals surface area contributed by atoms with Crippen molar-refractivity contribution in [2.75, 3.05) is 22.4 Å². The second-order valence-corrected chi connectivity index (χ2v) is 8.86. The van der Waals surface area contributed by atoms with Gasteiger partial charge in [-0.2, -0.15) is 13.2 Å². The van der Waals surface area contributed by atoms with Gasteiger partial charge in [0.1, 0.15) is 6.54 Å². The lowest BCUT2D eigenvalue weighted by molar-refractivity contribution is -0.137. The van der Waals surface area contributed by atoms with Crippen LogP contribution in [0.2, 0.25) is 5.02 Å². The number of halogens is 4. The highest BCUT2D eigenvalue weighted by molar-refractivity contribution is 7.92. The van der Waals surface area contributed by atoms with Gasteiger partial charge in [0.05, 0.1) is 22.5 Å². The van der Waals surface area contributed by atoms with Crippen LogP contribution in [0, 0.1) is 0 Å². The Morgan fingerprint density at radius 3 is 2.33 bits per heavy atom. The fraction of sp³-hybridized carbons (Fsp3) is 0.150. The van der Waals surface area contributed by atoms with Crippen molar-refractivity contribution in [3.8, 4) is 0 Å². The topological polar surface area (TPSA) is 66.5 Å². The van der Waals surface area contributed by atoms with E-state index in [1.807, 2.05) is 24.3 Å². The number of nitrogens with one attached hydrogen (secondary N) is 1. The van der Waals surface area contributed by atoms with Crippen molar-refractivity contribution >= 4 is 49.7 Å². The highest BCUT2D eigenvalue weighted by atomic mass is 35.5. The number of nitrogens with zero attached hydrogens (tertiary/aromatic N) is 1. The lowest BCUT2D eigenvalue weighted by Crippen LogP contribution is -2.37. The first-order valence-corrected chi connectivity index (χ1v) is 10.8. The number of anilines is 2. The number of alkyl halides is 3. The molecule has 3 rings (SSSR count). The van der Waals surface area contributed by atoms with Crippen LogP contribution in [0.15, 0.2) is 60.7 Å². The summed E-state index contributed by atoms with van der Waals surface area (Å²) in [5.41, 5.74) is -1.08.